The first kappa shape index (κ1) is 12.2. The molecule has 1 amide bonds. The van der Waals surface area contributed by atoms with Gasteiger partial charge in [-0.1, -0.05) is 24.8 Å². The van der Waals surface area contributed by atoms with Crippen LogP contribution in [0.3, 0.4) is 0 Å². The molecular weight excluding hydrogens is 249 g/mol. The van der Waals surface area contributed by atoms with E-state index in [2.05, 4.69) is 6.58 Å². The summed E-state index contributed by atoms with van der Waals surface area (Å²) in [4.78, 5) is 13.3. The van der Waals surface area contributed by atoms with Crippen molar-refractivity contribution in [3.63, 3.8) is 0 Å². The standard InChI is InChI=1S/C14H14FNO3/c1-9(15)14(17)16-6-7-18-13-10-4-2-3-5-12(10)19-8-11(13)16/h2-5,11,13H,1,6-8H2. The molecule has 100 valence electrons. The summed E-state index contributed by atoms with van der Waals surface area (Å²) in [5.41, 5.74) is 0.903. The molecule has 2 heterocycles. The molecule has 2 atom stereocenters. The van der Waals surface area contributed by atoms with Crippen LogP contribution in [0, 0.1) is 0 Å². The van der Waals surface area contributed by atoms with Gasteiger partial charge < -0.3 is 14.4 Å². The fraction of sp³-hybridized carbons (Fsp3) is 0.357. The predicted molar refractivity (Wildman–Crippen MR) is 66.4 cm³/mol. The molecule has 2 unspecified atom stereocenters. The van der Waals surface area contributed by atoms with Crippen LogP contribution in [0.4, 0.5) is 4.39 Å². The van der Waals surface area contributed by atoms with Crippen LogP contribution in [-0.4, -0.2) is 36.6 Å². The lowest BCUT2D eigenvalue weighted by molar-refractivity contribution is -0.148. The molecule has 4 nitrogen and oxygen atoms in total. The van der Waals surface area contributed by atoms with Gasteiger partial charge in [0.25, 0.3) is 5.91 Å². The van der Waals surface area contributed by atoms with Crippen molar-refractivity contribution in [2.24, 2.45) is 0 Å². The SMILES string of the molecule is C=C(F)C(=O)N1CCOC2c3ccccc3OCC21. The van der Waals surface area contributed by atoms with Crippen LogP contribution in [0.25, 0.3) is 0 Å². The summed E-state index contributed by atoms with van der Waals surface area (Å²) in [6.45, 7) is 4.12. The molecule has 5 heteroatoms. The van der Waals surface area contributed by atoms with Gasteiger partial charge in [-0.05, 0) is 6.07 Å². The Balaban J connectivity index is 1.92. The van der Waals surface area contributed by atoms with Crippen molar-refractivity contribution in [3.8, 4) is 5.75 Å². The summed E-state index contributed by atoms with van der Waals surface area (Å²) in [5, 5.41) is 0. The number of amides is 1. The minimum Gasteiger partial charge on any atom is -0.491 e. The molecule has 0 radical (unpaired) electrons. The maximum Gasteiger partial charge on any atom is 0.282 e. The van der Waals surface area contributed by atoms with Crippen molar-refractivity contribution in [1.29, 1.82) is 0 Å². The molecule has 0 aliphatic carbocycles. The lowest BCUT2D eigenvalue weighted by atomic mass is 9.96. The average molecular weight is 263 g/mol. The van der Waals surface area contributed by atoms with Crippen LogP contribution in [-0.2, 0) is 9.53 Å². The highest BCUT2D eigenvalue weighted by molar-refractivity contribution is 5.91. The molecule has 0 bridgehead atoms. The van der Waals surface area contributed by atoms with Crippen molar-refractivity contribution >= 4 is 5.91 Å². The monoisotopic (exact) mass is 263 g/mol. The minimum absolute atomic E-state index is 0.262. The van der Waals surface area contributed by atoms with Crippen molar-refractivity contribution in [3.05, 3.63) is 42.2 Å². The lowest BCUT2D eigenvalue weighted by Gasteiger charge is -2.43. The van der Waals surface area contributed by atoms with E-state index in [-0.39, 0.29) is 12.1 Å². The molecule has 2 aliphatic rings. The fourth-order valence-electron chi connectivity index (χ4n) is 2.62. The smallest absolute Gasteiger partial charge is 0.282 e. The zero-order chi connectivity index (χ0) is 13.4. The molecule has 3 rings (SSSR count). The molecule has 1 saturated heterocycles. The maximum absolute atomic E-state index is 13.1. The molecule has 1 fully saturated rings. The Labute approximate surface area is 110 Å². The molecular formula is C14H14FNO3. The predicted octanol–water partition coefficient (Wildman–Crippen LogP) is 1.83. The molecule has 2 aliphatic heterocycles. The summed E-state index contributed by atoms with van der Waals surface area (Å²) in [6, 6.07) is 7.24. The zero-order valence-corrected chi connectivity index (χ0v) is 10.3. The number of carbonyl (C=O) groups excluding carboxylic acids is 1. The van der Waals surface area contributed by atoms with Crippen molar-refractivity contribution < 1.29 is 18.7 Å². The van der Waals surface area contributed by atoms with Gasteiger partial charge in [0, 0.05) is 12.1 Å². The highest BCUT2D eigenvalue weighted by Gasteiger charge is 2.41. The van der Waals surface area contributed by atoms with Gasteiger partial charge in [0.2, 0.25) is 0 Å². The van der Waals surface area contributed by atoms with E-state index >= 15 is 0 Å². The third kappa shape index (κ3) is 2.00. The Morgan fingerprint density at radius 3 is 3.00 bits per heavy atom. The number of morpholine rings is 1. The number of fused-ring (bicyclic) bond motifs is 3. The quantitative estimate of drug-likeness (QED) is 0.726. The summed E-state index contributed by atoms with van der Waals surface area (Å²) in [6.07, 6.45) is -0.262. The molecule has 0 spiro atoms. The van der Waals surface area contributed by atoms with Gasteiger partial charge in [-0.2, -0.15) is 0 Å². The third-order valence-electron chi connectivity index (χ3n) is 3.51. The van der Waals surface area contributed by atoms with E-state index in [1.54, 1.807) is 0 Å². The largest absolute Gasteiger partial charge is 0.491 e. The van der Waals surface area contributed by atoms with Crippen LogP contribution in [0.5, 0.6) is 5.75 Å². The van der Waals surface area contributed by atoms with E-state index < -0.39 is 11.7 Å². The van der Waals surface area contributed by atoms with Gasteiger partial charge in [-0.3, -0.25) is 4.79 Å². The van der Waals surface area contributed by atoms with Gasteiger partial charge in [-0.25, -0.2) is 4.39 Å². The molecule has 0 aromatic heterocycles. The average Bonchev–Trinajstić information content (AvgIpc) is 2.45. The first-order valence-corrected chi connectivity index (χ1v) is 6.17. The number of carbonyl (C=O) groups is 1. The first-order valence-electron chi connectivity index (χ1n) is 6.17. The third-order valence-corrected chi connectivity index (χ3v) is 3.51. The second kappa shape index (κ2) is 4.66. The number of benzene rings is 1. The number of halogens is 1. The maximum atomic E-state index is 13.1. The van der Waals surface area contributed by atoms with E-state index in [1.807, 2.05) is 24.3 Å². The molecule has 0 N–H and O–H groups in total. The Morgan fingerprint density at radius 1 is 1.42 bits per heavy atom. The van der Waals surface area contributed by atoms with Gasteiger partial charge >= 0.3 is 0 Å². The lowest BCUT2D eigenvalue weighted by Crippen LogP contribution is -2.54. The minimum atomic E-state index is -0.945. The topological polar surface area (TPSA) is 38.8 Å². The van der Waals surface area contributed by atoms with Gasteiger partial charge in [0.1, 0.15) is 18.5 Å². The Morgan fingerprint density at radius 2 is 2.21 bits per heavy atom. The van der Waals surface area contributed by atoms with Crippen LogP contribution in [0.2, 0.25) is 0 Å². The zero-order valence-electron chi connectivity index (χ0n) is 10.3. The highest BCUT2D eigenvalue weighted by atomic mass is 19.1. The van der Waals surface area contributed by atoms with Crippen LogP contribution in [0.15, 0.2) is 36.7 Å². The van der Waals surface area contributed by atoms with Crippen LogP contribution in [0.1, 0.15) is 11.7 Å². The first-order chi connectivity index (χ1) is 9.18. The van der Waals surface area contributed by atoms with Crippen LogP contribution >= 0.6 is 0 Å². The van der Waals surface area contributed by atoms with Crippen molar-refractivity contribution in [2.45, 2.75) is 12.1 Å². The van der Waals surface area contributed by atoms with E-state index in [1.165, 1.54) is 4.90 Å². The number of hydrogen-bond donors (Lipinski definition) is 0. The van der Waals surface area contributed by atoms with E-state index in [9.17, 15) is 9.18 Å². The fourth-order valence-corrected chi connectivity index (χ4v) is 2.62. The Kier molecular flexibility index (Phi) is 2.98. The summed E-state index contributed by atoms with van der Waals surface area (Å²) in [5.74, 6) is -0.863. The molecule has 0 saturated carbocycles. The van der Waals surface area contributed by atoms with Gasteiger partial charge in [0.15, 0.2) is 5.83 Å². The Bertz CT molecular complexity index is 531. The number of rotatable bonds is 1. The van der Waals surface area contributed by atoms with Crippen molar-refractivity contribution in [2.75, 3.05) is 19.8 Å². The Hall–Kier alpha value is -1.88. The molecule has 19 heavy (non-hydrogen) atoms. The normalized spacial score (nSPS) is 25.0. The summed E-state index contributed by atoms with van der Waals surface area (Å²) < 4.78 is 24.4. The summed E-state index contributed by atoms with van der Waals surface area (Å²) >= 11 is 0. The number of nitrogens with zero attached hydrogens (tertiary/aromatic N) is 1. The molecule has 1 aromatic carbocycles. The second-order valence-electron chi connectivity index (χ2n) is 4.61. The highest BCUT2D eigenvalue weighted by Crippen LogP contribution is 2.38. The number of para-hydroxylation sites is 1. The number of hydrogen-bond acceptors (Lipinski definition) is 3. The van der Waals surface area contributed by atoms with E-state index in [0.29, 0.717) is 19.8 Å². The number of ether oxygens (including phenoxy) is 2. The molecule has 1 aromatic rings. The van der Waals surface area contributed by atoms with Gasteiger partial charge in [0.05, 0.1) is 12.6 Å². The van der Waals surface area contributed by atoms with Crippen LogP contribution < -0.4 is 4.74 Å². The van der Waals surface area contributed by atoms with E-state index in [0.717, 1.165) is 11.3 Å². The van der Waals surface area contributed by atoms with Crippen molar-refractivity contribution in [1.82, 2.24) is 4.90 Å². The second-order valence-corrected chi connectivity index (χ2v) is 4.61. The van der Waals surface area contributed by atoms with Gasteiger partial charge in [-0.15, -0.1) is 0 Å². The van der Waals surface area contributed by atoms with E-state index in [4.69, 9.17) is 9.47 Å². The summed E-state index contributed by atoms with van der Waals surface area (Å²) in [7, 11) is 0.